The van der Waals surface area contributed by atoms with Crippen LogP contribution < -0.4 is 5.73 Å². The van der Waals surface area contributed by atoms with Gasteiger partial charge in [-0.05, 0) is 66.3 Å². The third-order valence-electron chi connectivity index (χ3n) is 5.87. The molecule has 0 spiro atoms. The molecule has 44 heavy (non-hydrogen) atoms. The summed E-state index contributed by atoms with van der Waals surface area (Å²) in [6, 6.07) is 9.98. The Hall–Kier alpha value is -1.35. The summed E-state index contributed by atoms with van der Waals surface area (Å²) in [4.78, 5) is 2.77. The highest BCUT2D eigenvalue weighted by atomic mass is 32.2. The number of azide groups is 1. The van der Waals surface area contributed by atoms with Crippen molar-refractivity contribution in [2.75, 3.05) is 95.6 Å². The Morgan fingerprint density at radius 3 is 2.14 bits per heavy atom. The molecule has 3 atom stereocenters. The van der Waals surface area contributed by atoms with Gasteiger partial charge in [0.25, 0.3) is 0 Å². The van der Waals surface area contributed by atoms with Gasteiger partial charge in [-0.15, -0.1) is 6.58 Å². The van der Waals surface area contributed by atoms with Crippen LogP contribution >= 0.6 is 23.5 Å². The van der Waals surface area contributed by atoms with E-state index in [2.05, 4.69) is 16.6 Å². The van der Waals surface area contributed by atoms with Crippen molar-refractivity contribution in [2.45, 2.75) is 50.6 Å². The fourth-order valence-corrected chi connectivity index (χ4v) is 5.38. The second-order valence-electron chi connectivity index (χ2n) is 9.92. The number of rotatable bonds is 33. The van der Waals surface area contributed by atoms with Crippen LogP contribution in [-0.2, 0) is 35.0 Å². The first-order chi connectivity index (χ1) is 21.7. The predicted octanol–water partition coefficient (Wildman–Crippen LogP) is 4.87. The molecular weight excluding hydrogens is 604 g/mol. The molecule has 13 heteroatoms. The molecule has 0 saturated heterocycles. The standard InChI is InChI=1S/C31H54N4O7S2/c1-2-14-37-24-30(26-40-21-28-10-4-3-5-11-28)42-27-31(25-39-16-9-20-44-18-7-13-34-35-33)41-23-29(36)22-38-15-8-19-43-17-6-12-32/h2-5,10-11,29-31,36H,1,6-9,12-27,32H2. The van der Waals surface area contributed by atoms with Gasteiger partial charge in [0.1, 0.15) is 18.3 Å². The predicted molar refractivity (Wildman–Crippen MR) is 180 cm³/mol. The Morgan fingerprint density at radius 1 is 0.818 bits per heavy atom. The first-order valence-corrected chi connectivity index (χ1v) is 17.7. The molecule has 11 nitrogen and oxygen atoms in total. The zero-order chi connectivity index (χ0) is 31.8. The minimum absolute atomic E-state index is 0.117. The second kappa shape index (κ2) is 31.6. The van der Waals surface area contributed by atoms with Crippen LogP contribution in [0, 0.1) is 0 Å². The van der Waals surface area contributed by atoms with Gasteiger partial charge in [-0.2, -0.15) is 23.5 Å². The van der Waals surface area contributed by atoms with Gasteiger partial charge in [-0.3, -0.25) is 0 Å². The Morgan fingerprint density at radius 2 is 1.43 bits per heavy atom. The molecule has 0 radical (unpaired) electrons. The van der Waals surface area contributed by atoms with E-state index in [0.29, 0.717) is 52.8 Å². The van der Waals surface area contributed by atoms with Gasteiger partial charge in [-0.25, -0.2) is 0 Å². The molecule has 3 N–H and O–H groups in total. The van der Waals surface area contributed by atoms with Crippen LogP contribution in [-0.4, -0.2) is 119 Å². The van der Waals surface area contributed by atoms with E-state index in [1.54, 1.807) is 6.08 Å². The lowest BCUT2D eigenvalue weighted by Gasteiger charge is -2.24. The average Bonchev–Trinajstić information content (AvgIpc) is 3.04. The molecule has 252 valence electrons. The smallest absolute Gasteiger partial charge is 0.104 e. The molecule has 3 unspecified atom stereocenters. The molecule has 0 saturated carbocycles. The summed E-state index contributed by atoms with van der Waals surface area (Å²) < 4.78 is 35.3. The van der Waals surface area contributed by atoms with Crippen molar-refractivity contribution in [2.24, 2.45) is 10.8 Å². The SMILES string of the molecule is C=CCOCC(COCc1ccccc1)OCC(COCCCSCCCN=[N+]=[N-])OCC(O)COCCCSCCCN. The lowest BCUT2D eigenvalue weighted by Crippen LogP contribution is -2.35. The third kappa shape index (κ3) is 25.9. The van der Waals surface area contributed by atoms with E-state index in [0.717, 1.165) is 60.8 Å². The molecule has 0 aromatic heterocycles. The van der Waals surface area contributed by atoms with Gasteiger partial charge >= 0.3 is 0 Å². The van der Waals surface area contributed by atoms with E-state index < -0.39 is 6.10 Å². The second-order valence-corrected chi connectivity index (χ2v) is 12.4. The van der Waals surface area contributed by atoms with E-state index >= 15 is 0 Å². The van der Waals surface area contributed by atoms with Crippen molar-refractivity contribution in [1.82, 2.24) is 0 Å². The minimum Gasteiger partial charge on any atom is -0.388 e. The monoisotopic (exact) mass is 658 g/mol. The van der Waals surface area contributed by atoms with Gasteiger partial charge in [-0.1, -0.05) is 41.5 Å². The van der Waals surface area contributed by atoms with Crippen LogP contribution in [0.2, 0.25) is 0 Å². The summed E-state index contributed by atoms with van der Waals surface area (Å²) in [6.07, 6.45) is 3.99. The van der Waals surface area contributed by atoms with Crippen molar-refractivity contribution in [3.8, 4) is 0 Å². The number of aliphatic hydroxyl groups excluding tert-OH is 1. The summed E-state index contributed by atoms with van der Waals surface area (Å²) in [7, 11) is 0. The van der Waals surface area contributed by atoms with Crippen molar-refractivity contribution in [3.63, 3.8) is 0 Å². The summed E-state index contributed by atoms with van der Waals surface area (Å²) in [6.45, 7) is 8.68. The Kier molecular flexibility index (Phi) is 29.2. The van der Waals surface area contributed by atoms with Crippen LogP contribution in [0.25, 0.3) is 10.4 Å². The molecule has 0 aliphatic rings. The zero-order valence-corrected chi connectivity index (χ0v) is 27.8. The Labute approximate surface area is 272 Å². The molecular formula is C31H54N4O7S2. The average molecular weight is 659 g/mol. The van der Waals surface area contributed by atoms with Gasteiger partial charge in [0, 0.05) is 24.7 Å². The molecule has 0 aliphatic carbocycles. The van der Waals surface area contributed by atoms with Crippen LogP contribution in [0.15, 0.2) is 48.1 Å². The Balaban J connectivity index is 2.47. The fourth-order valence-electron chi connectivity index (χ4n) is 3.62. The van der Waals surface area contributed by atoms with E-state index in [1.165, 1.54) is 0 Å². The maximum atomic E-state index is 10.4. The van der Waals surface area contributed by atoms with Gasteiger partial charge in [0.2, 0.25) is 0 Å². The largest absolute Gasteiger partial charge is 0.388 e. The van der Waals surface area contributed by atoms with Crippen molar-refractivity contribution >= 4 is 23.5 Å². The molecule has 1 aromatic carbocycles. The summed E-state index contributed by atoms with van der Waals surface area (Å²) in [5, 5.41) is 14.0. The van der Waals surface area contributed by atoms with Gasteiger partial charge < -0.3 is 39.3 Å². The zero-order valence-electron chi connectivity index (χ0n) is 26.2. The van der Waals surface area contributed by atoms with E-state index in [1.807, 2.05) is 53.9 Å². The molecule has 0 aliphatic heterocycles. The fraction of sp³-hybridized carbons (Fsp3) is 0.742. The molecule has 0 amide bonds. The first kappa shape index (κ1) is 40.7. The normalized spacial score (nSPS) is 13.3. The van der Waals surface area contributed by atoms with Crippen LogP contribution in [0.4, 0.5) is 0 Å². The number of nitrogens with two attached hydrogens (primary N) is 1. The van der Waals surface area contributed by atoms with E-state index in [-0.39, 0.29) is 32.0 Å². The number of nitrogens with zero attached hydrogens (tertiary/aromatic N) is 3. The maximum Gasteiger partial charge on any atom is 0.104 e. The highest BCUT2D eigenvalue weighted by molar-refractivity contribution is 7.99. The molecule has 0 bridgehead atoms. The number of aliphatic hydroxyl groups is 1. The Bertz CT molecular complexity index is 825. The summed E-state index contributed by atoms with van der Waals surface area (Å²) >= 11 is 3.69. The first-order valence-electron chi connectivity index (χ1n) is 15.4. The van der Waals surface area contributed by atoms with Crippen molar-refractivity contribution in [1.29, 1.82) is 0 Å². The topological polar surface area (TPSA) is 150 Å². The van der Waals surface area contributed by atoms with Crippen LogP contribution in [0.3, 0.4) is 0 Å². The molecule has 1 rings (SSSR count). The molecule has 1 aromatic rings. The van der Waals surface area contributed by atoms with Gasteiger partial charge in [0.05, 0.1) is 52.9 Å². The van der Waals surface area contributed by atoms with E-state index in [9.17, 15) is 5.11 Å². The van der Waals surface area contributed by atoms with Crippen LogP contribution in [0.1, 0.15) is 31.2 Å². The quantitative estimate of drug-likeness (QED) is 0.0352. The number of ether oxygens (including phenoxy) is 6. The number of hydrogen-bond acceptors (Lipinski definition) is 11. The van der Waals surface area contributed by atoms with Crippen molar-refractivity contribution in [3.05, 3.63) is 59.0 Å². The highest BCUT2D eigenvalue weighted by Gasteiger charge is 2.18. The van der Waals surface area contributed by atoms with Gasteiger partial charge in [0.15, 0.2) is 0 Å². The summed E-state index contributed by atoms with van der Waals surface area (Å²) in [5.41, 5.74) is 14.9. The van der Waals surface area contributed by atoms with E-state index in [4.69, 9.17) is 39.7 Å². The number of thioether (sulfide) groups is 2. The van der Waals surface area contributed by atoms with Crippen molar-refractivity contribution < 1.29 is 33.5 Å². The maximum absolute atomic E-state index is 10.4. The lowest BCUT2D eigenvalue weighted by molar-refractivity contribution is -0.123. The summed E-state index contributed by atoms with van der Waals surface area (Å²) in [5.74, 6) is 4.00. The number of benzene rings is 1. The molecule has 0 fully saturated rings. The van der Waals surface area contributed by atoms with Crippen LogP contribution in [0.5, 0.6) is 0 Å². The number of hydrogen-bond donors (Lipinski definition) is 2. The third-order valence-corrected chi connectivity index (χ3v) is 8.18. The highest BCUT2D eigenvalue weighted by Crippen LogP contribution is 2.08. The minimum atomic E-state index is -0.745. The molecule has 0 heterocycles. The lowest BCUT2D eigenvalue weighted by atomic mass is 10.2.